The van der Waals surface area contributed by atoms with Gasteiger partial charge in [0.15, 0.2) is 5.65 Å². The molecule has 1 N–H and O–H groups in total. The first-order chi connectivity index (χ1) is 26.4. The number of ether oxygens (including phenoxy) is 1. The highest BCUT2D eigenvalue weighted by Crippen LogP contribution is 2.36. The van der Waals surface area contributed by atoms with E-state index >= 15 is 0 Å². The molecule has 0 radical (unpaired) electrons. The van der Waals surface area contributed by atoms with Crippen LogP contribution in [0, 0.1) is 5.82 Å². The van der Waals surface area contributed by atoms with Crippen LogP contribution < -0.4 is 19.9 Å². The molecular weight excluding hydrogens is 689 g/mol. The second-order valence-electron chi connectivity index (χ2n) is 14.3. The molecule has 14 heteroatoms. The van der Waals surface area contributed by atoms with E-state index in [1.54, 1.807) is 29.2 Å². The van der Waals surface area contributed by atoms with Crippen molar-refractivity contribution in [2.75, 3.05) is 55.7 Å². The Hall–Kier alpha value is -5.89. The minimum absolute atomic E-state index is 0.0650. The molecule has 3 saturated heterocycles. The van der Waals surface area contributed by atoms with Gasteiger partial charge in [-0.05, 0) is 85.0 Å². The van der Waals surface area contributed by atoms with Crippen molar-refractivity contribution in [2.24, 2.45) is 0 Å². The minimum Gasteiger partial charge on any atom is -0.492 e. The van der Waals surface area contributed by atoms with Gasteiger partial charge in [-0.3, -0.25) is 24.6 Å². The molecule has 0 aliphatic carbocycles. The fourth-order valence-corrected chi connectivity index (χ4v) is 8.17. The van der Waals surface area contributed by atoms with Crippen LogP contribution in [0.25, 0.3) is 17.0 Å². The Morgan fingerprint density at radius 3 is 2.57 bits per heavy atom. The van der Waals surface area contributed by atoms with Gasteiger partial charge in [0.25, 0.3) is 5.91 Å². The van der Waals surface area contributed by atoms with E-state index in [4.69, 9.17) is 14.8 Å². The molecule has 2 aromatic carbocycles. The van der Waals surface area contributed by atoms with Gasteiger partial charge < -0.3 is 19.4 Å². The van der Waals surface area contributed by atoms with Gasteiger partial charge in [0, 0.05) is 57.8 Å². The van der Waals surface area contributed by atoms with E-state index in [-0.39, 0.29) is 30.1 Å². The number of benzene rings is 2. The predicted molar refractivity (Wildman–Crippen MR) is 199 cm³/mol. The lowest BCUT2D eigenvalue weighted by Crippen LogP contribution is -2.52. The third kappa shape index (κ3) is 6.50. The van der Waals surface area contributed by atoms with Crippen LogP contribution in [0.3, 0.4) is 0 Å². The number of nitrogens with one attached hydrogen (secondary N) is 1. The van der Waals surface area contributed by atoms with Gasteiger partial charge in [0.1, 0.15) is 41.5 Å². The number of hydrogen-bond donors (Lipinski definition) is 1. The number of piperidine rings is 1. The minimum atomic E-state index is -0.636. The van der Waals surface area contributed by atoms with Crippen LogP contribution >= 0.6 is 0 Å². The number of piperazine rings is 1. The molecular formula is C40H40FN9O4. The maximum atomic E-state index is 14.1. The van der Waals surface area contributed by atoms with Gasteiger partial charge in [0.05, 0.1) is 17.9 Å². The summed E-state index contributed by atoms with van der Waals surface area (Å²) in [4.78, 5) is 55.1. The Morgan fingerprint density at radius 1 is 0.852 bits per heavy atom. The summed E-state index contributed by atoms with van der Waals surface area (Å²) in [6.45, 7) is 5.78. The lowest BCUT2D eigenvalue weighted by Gasteiger charge is -2.35. The van der Waals surface area contributed by atoms with Gasteiger partial charge in [-0.15, -0.1) is 5.10 Å². The lowest BCUT2D eigenvalue weighted by molar-refractivity contribution is -0.136. The number of carbonyl (C=O) groups excluding carboxylic acids is 3. The van der Waals surface area contributed by atoms with Crippen molar-refractivity contribution < 1.29 is 23.5 Å². The summed E-state index contributed by atoms with van der Waals surface area (Å²) in [5, 5.41) is 7.36. The van der Waals surface area contributed by atoms with Crippen LogP contribution in [0.15, 0.2) is 79.0 Å². The largest absolute Gasteiger partial charge is 0.492 e. The molecule has 2 atom stereocenters. The summed E-state index contributed by atoms with van der Waals surface area (Å²) in [5.41, 5.74) is 4.70. The molecule has 9 rings (SSSR count). The van der Waals surface area contributed by atoms with E-state index in [0.717, 1.165) is 91.9 Å². The molecule has 13 nitrogen and oxygen atoms in total. The van der Waals surface area contributed by atoms with E-state index in [1.807, 2.05) is 53.2 Å². The maximum absolute atomic E-state index is 14.1. The van der Waals surface area contributed by atoms with Crippen molar-refractivity contribution in [1.29, 1.82) is 0 Å². The molecule has 0 spiro atoms. The third-order valence-corrected chi connectivity index (χ3v) is 11.0. The summed E-state index contributed by atoms with van der Waals surface area (Å²) >= 11 is 0. The molecule has 3 fully saturated rings. The molecule has 3 amide bonds. The monoisotopic (exact) mass is 729 g/mol. The Kier molecular flexibility index (Phi) is 8.89. The first-order valence-corrected chi connectivity index (χ1v) is 18.6. The van der Waals surface area contributed by atoms with Crippen molar-refractivity contribution in [3.8, 4) is 17.1 Å². The summed E-state index contributed by atoms with van der Waals surface area (Å²) < 4.78 is 22.0. The number of anilines is 2. The predicted octanol–water partition coefficient (Wildman–Crippen LogP) is 4.23. The van der Waals surface area contributed by atoms with Crippen molar-refractivity contribution in [1.82, 2.24) is 34.7 Å². The Bertz CT molecular complexity index is 2250. The summed E-state index contributed by atoms with van der Waals surface area (Å²) in [7, 11) is 0. The number of amides is 3. The first-order valence-electron chi connectivity index (χ1n) is 18.6. The SMILES string of the molecule is O=C1CCC(N2Cc3cc(OCCN4CCN(c5cccc(-c6cnc7ccc(N8CCC[C@@H]8c8cccc(F)c8)nn67)n5)CC4)ccc3C2=O)C(=O)N1. The average molecular weight is 730 g/mol. The molecule has 54 heavy (non-hydrogen) atoms. The van der Waals surface area contributed by atoms with Crippen LogP contribution in [-0.4, -0.2) is 99.0 Å². The number of imide groups is 1. The van der Waals surface area contributed by atoms with Crippen LogP contribution in [-0.2, 0) is 16.1 Å². The van der Waals surface area contributed by atoms with E-state index < -0.39 is 11.9 Å². The van der Waals surface area contributed by atoms with Crippen LogP contribution in [0.4, 0.5) is 16.0 Å². The molecule has 4 aliphatic rings. The fraction of sp³-hybridized carbons (Fsp3) is 0.350. The van der Waals surface area contributed by atoms with Gasteiger partial charge in [-0.25, -0.2) is 18.9 Å². The molecule has 5 aromatic rings. The number of rotatable bonds is 9. The molecule has 0 saturated carbocycles. The molecule has 1 unspecified atom stereocenters. The Labute approximate surface area is 311 Å². The van der Waals surface area contributed by atoms with Crippen LogP contribution in [0.1, 0.15) is 53.2 Å². The van der Waals surface area contributed by atoms with Crippen molar-refractivity contribution in [3.05, 3.63) is 102 Å². The van der Waals surface area contributed by atoms with Crippen molar-refractivity contribution in [3.63, 3.8) is 0 Å². The molecule has 7 heterocycles. The van der Waals surface area contributed by atoms with E-state index in [9.17, 15) is 18.8 Å². The second kappa shape index (κ2) is 14.2. The third-order valence-electron chi connectivity index (χ3n) is 11.0. The molecule has 276 valence electrons. The van der Waals surface area contributed by atoms with Gasteiger partial charge in [0.2, 0.25) is 11.8 Å². The lowest BCUT2D eigenvalue weighted by atomic mass is 10.0. The van der Waals surface area contributed by atoms with Crippen LogP contribution in [0.5, 0.6) is 5.75 Å². The first kappa shape index (κ1) is 33.9. The number of nitrogens with zero attached hydrogens (tertiary/aromatic N) is 8. The zero-order valence-electron chi connectivity index (χ0n) is 29.7. The Balaban J connectivity index is 0.807. The second-order valence-corrected chi connectivity index (χ2v) is 14.3. The summed E-state index contributed by atoms with van der Waals surface area (Å²) in [6.07, 6.45) is 4.33. The zero-order valence-corrected chi connectivity index (χ0v) is 29.7. The summed E-state index contributed by atoms with van der Waals surface area (Å²) in [5.74, 6) is 1.28. The van der Waals surface area contributed by atoms with Crippen LogP contribution in [0.2, 0.25) is 0 Å². The number of aromatic nitrogens is 4. The fourth-order valence-electron chi connectivity index (χ4n) is 8.17. The van der Waals surface area contributed by atoms with E-state index in [0.29, 0.717) is 30.9 Å². The van der Waals surface area contributed by atoms with Gasteiger partial charge in [-0.2, -0.15) is 0 Å². The van der Waals surface area contributed by atoms with Gasteiger partial charge >= 0.3 is 0 Å². The number of halogens is 1. The van der Waals surface area contributed by atoms with E-state index in [2.05, 4.69) is 25.0 Å². The maximum Gasteiger partial charge on any atom is 0.255 e. The highest BCUT2D eigenvalue weighted by molar-refractivity contribution is 6.05. The number of hydrogen-bond acceptors (Lipinski definition) is 10. The topological polar surface area (TPSA) is 129 Å². The highest BCUT2D eigenvalue weighted by atomic mass is 19.1. The van der Waals surface area contributed by atoms with Gasteiger partial charge in [-0.1, -0.05) is 18.2 Å². The number of fused-ring (bicyclic) bond motifs is 2. The molecule has 3 aromatic heterocycles. The molecule has 4 aliphatic heterocycles. The highest BCUT2D eigenvalue weighted by Gasteiger charge is 2.39. The average Bonchev–Trinajstić information content (AvgIpc) is 3.93. The van der Waals surface area contributed by atoms with E-state index in [1.165, 1.54) is 6.07 Å². The van der Waals surface area contributed by atoms with Crippen molar-refractivity contribution in [2.45, 2.75) is 44.3 Å². The molecule has 0 bridgehead atoms. The van der Waals surface area contributed by atoms with Crippen molar-refractivity contribution >= 4 is 35.0 Å². The summed E-state index contributed by atoms with van der Waals surface area (Å²) in [6, 6.07) is 21.7. The quantitative estimate of drug-likeness (QED) is 0.220. The smallest absolute Gasteiger partial charge is 0.255 e. The zero-order chi connectivity index (χ0) is 36.8. The number of pyridine rings is 1. The standard InChI is InChI=1S/C40H40FN9O4/c41-28-5-1-4-26(22-28)32-7-3-15-48(32)37-13-12-35-42-24-34(50(35)45-37)31-6-2-8-36(43-31)47-18-16-46(17-19-47)20-21-54-29-9-10-30-27(23-29)25-49(40(30)53)33-11-14-38(51)44-39(33)52/h1-2,4-6,8-10,12-13,22-24,32-33H,3,7,11,14-21,25H2,(H,44,51,52)/t32-,33?/m1/s1. The number of carbonyl (C=O) groups is 3. The number of imidazole rings is 1. The Morgan fingerprint density at radius 2 is 1.72 bits per heavy atom. The normalized spacial score (nSPS) is 20.5.